The molecule has 3 rings (SSSR count). The Morgan fingerprint density at radius 1 is 1.00 bits per heavy atom. The number of methoxy groups -OCH3 is 1. The fourth-order valence-electron chi connectivity index (χ4n) is 3.33. The van der Waals surface area contributed by atoms with Gasteiger partial charge < -0.3 is 10.1 Å². The van der Waals surface area contributed by atoms with Crippen LogP contribution in [-0.2, 0) is 16.6 Å². The van der Waals surface area contributed by atoms with E-state index in [-0.39, 0.29) is 12.5 Å². The lowest BCUT2D eigenvalue weighted by Gasteiger charge is -2.27. The van der Waals surface area contributed by atoms with E-state index in [0.29, 0.717) is 27.7 Å². The van der Waals surface area contributed by atoms with Gasteiger partial charge in [-0.3, -0.25) is 9.10 Å². The number of anilines is 2. The van der Waals surface area contributed by atoms with Gasteiger partial charge in [-0.05, 0) is 86.8 Å². The SMILES string of the molecule is COc1ccc(C(=O)Nc2ccc(CN(c3ccc(C)c(C)c3)S(=O)(=O)C(C)C)cc2)cc1Cl. The number of amides is 1. The van der Waals surface area contributed by atoms with Crippen LogP contribution >= 0.6 is 11.6 Å². The fourth-order valence-corrected chi connectivity index (χ4v) is 4.84. The second-order valence-corrected chi connectivity index (χ2v) is 11.2. The summed E-state index contributed by atoms with van der Waals surface area (Å²) in [4.78, 5) is 12.6. The molecule has 0 aliphatic rings. The van der Waals surface area contributed by atoms with E-state index in [4.69, 9.17) is 16.3 Å². The number of hydrogen-bond donors (Lipinski definition) is 1. The van der Waals surface area contributed by atoms with Gasteiger partial charge in [-0.1, -0.05) is 29.8 Å². The lowest BCUT2D eigenvalue weighted by atomic mass is 10.1. The van der Waals surface area contributed by atoms with Crippen LogP contribution in [0.3, 0.4) is 0 Å². The number of hydrogen-bond acceptors (Lipinski definition) is 4. The van der Waals surface area contributed by atoms with Gasteiger partial charge in [0.2, 0.25) is 10.0 Å². The van der Waals surface area contributed by atoms with Crippen LogP contribution in [-0.4, -0.2) is 26.7 Å². The van der Waals surface area contributed by atoms with Crippen LogP contribution in [0.15, 0.2) is 60.7 Å². The van der Waals surface area contributed by atoms with Crippen molar-refractivity contribution >= 4 is 38.9 Å². The largest absolute Gasteiger partial charge is 0.495 e. The number of carbonyl (C=O) groups excluding carboxylic acids is 1. The standard InChI is InChI=1S/C26H29ClN2O4S/c1-17(2)34(31,32)29(23-12-6-18(3)19(4)14-23)16-20-7-10-22(11-8-20)28-26(30)21-9-13-25(33-5)24(27)15-21/h6-15,17H,16H2,1-5H3,(H,28,30). The first-order valence-corrected chi connectivity index (χ1v) is 12.7. The van der Waals surface area contributed by atoms with Gasteiger partial charge in [-0.2, -0.15) is 0 Å². The lowest BCUT2D eigenvalue weighted by molar-refractivity contribution is 0.102. The summed E-state index contributed by atoms with van der Waals surface area (Å²) in [6, 6.07) is 17.6. The summed E-state index contributed by atoms with van der Waals surface area (Å²) in [6.07, 6.45) is 0. The van der Waals surface area contributed by atoms with Crippen LogP contribution in [0, 0.1) is 13.8 Å². The van der Waals surface area contributed by atoms with Crippen LogP contribution < -0.4 is 14.4 Å². The number of ether oxygens (including phenoxy) is 1. The zero-order valence-electron chi connectivity index (χ0n) is 19.9. The number of rotatable bonds is 8. The van der Waals surface area contributed by atoms with Crippen LogP contribution in [0.25, 0.3) is 0 Å². The van der Waals surface area contributed by atoms with Crippen molar-refractivity contribution in [3.63, 3.8) is 0 Å². The van der Waals surface area contributed by atoms with E-state index in [9.17, 15) is 13.2 Å². The van der Waals surface area contributed by atoms with Crippen molar-refractivity contribution < 1.29 is 17.9 Å². The molecule has 8 heteroatoms. The predicted octanol–water partition coefficient (Wildman–Crippen LogP) is 5.96. The molecule has 0 aliphatic carbocycles. The fraction of sp³-hybridized carbons (Fsp3) is 0.269. The third kappa shape index (κ3) is 5.72. The monoisotopic (exact) mass is 500 g/mol. The Morgan fingerprint density at radius 2 is 1.68 bits per heavy atom. The zero-order valence-corrected chi connectivity index (χ0v) is 21.5. The molecule has 0 spiro atoms. The maximum atomic E-state index is 13.1. The third-order valence-corrected chi connectivity index (χ3v) is 8.07. The second-order valence-electron chi connectivity index (χ2n) is 8.37. The Hall–Kier alpha value is -3.03. The molecule has 180 valence electrons. The normalized spacial score (nSPS) is 11.4. The summed E-state index contributed by atoms with van der Waals surface area (Å²) in [5.41, 5.74) is 4.55. The van der Waals surface area contributed by atoms with Crippen LogP contribution in [0.5, 0.6) is 5.75 Å². The number of nitrogens with one attached hydrogen (secondary N) is 1. The van der Waals surface area contributed by atoms with Crippen LogP contribution in [0.2, 0.25) is 5.02 Å². The lowest BCUT2D eigenvalue weighted by Crippen LogP contribution is -2.36. The minimum Gasteiger partial charge on any atom is -0.495 e. The highest BCUT2D eigenvalue weighted by Crippen LogP contribution is 2.27. The Labute approximate surface area is 206 Å². The number of carbonyl (C=O) groups is 1. The van der Waals surface area contributed by atoms with Crippen molar-refractivity contribution in [3.8, 4) is 5.75 Å². The van der Waals surface area contributed by atoms with Crippen molar-refractivity contribution in [1.82, 2.24) is 0 Å². The average Bonchev–Trinajstić information content (AvgIpc) is 2.80. The predicted molar refractivity (Wildman–Crippen MR) is 139 cm³/mol. The van der Waals surface area contributed by atoms with Gasteiger partial charge in [0.1, 0.15) is 5.75 Å². The topological polar surface area (TPSA) is 75.7 Å². The molecule has 0 aliphatic heterocycles. The number of benzene rings is 3. The summed E-state index contributed by atoms with van der Waals surface area (Å²) in [7, 11) is -2.04. The maximum absolute atomic E-state index is 13.1. The third-order valence-electron chi connectivity index (χ3n) is 5.63. The Bertz CT molecular complexity index is 1290. The minimum absolute atomic E-state index is 0.186. The first-order chi connectivity index (χ1) is 16.0. The van der Waals surface area contributed by atoms with E-state index in [2.05, 4.69) is 5.32 Å². The van der Waals surface area contributed by atoms with E-state index < -0.39 is 15.3 Å². The summed E-state index contributed by atoms with van der Waals surface area (Å²) >= 11 is 6.11. The van der Waals surface area contributed by atoms with Crippen molar-refractivity contribution in [3.05, 3.63) is 87.9 Å². The summed E-state index contributed by atoms with van der Waals surface area (Å²) in [6.45, 7) is 7.49. The van der Waals surface area contributed by atoms with Gasteiger partial charge in [-0.25, -0.2) is 8.42 Å². The molecule has 34 heavy (non-hydrogen) atoms. The highest BCUT2D eigenvalue weighted by molar-refractivity contribution is 7.93. The smallest absolute Gasteiger partial charge is 0.255 e. The highest BCUT2D eigenvalue weighted by Gasteiger charge is 2.26. The molecular weight excluding hydrogens is 472 g/mol. The molecule has 3 aromatic carbocycles. The molecule has 0 aromatic heterocycles. The average molecular weight is 501 g/mol. The van der Waals surface area contributed by atoms with Crippen LogP contribution in [0.1, 0.15) is 40.9 Å². The van der Waals surface area contributed by atoms with Gasteiger partial charge in [0.05, 0.1) is 29.6 Å². The molecule has 1 amide bonds. The number of sulfonamides is 1. The maximum Gasteiger partial charge on any atom is 0.255 e. The molecule has 0 unspecified atom stereocenters. The molecule has 0 radical (unpaired) electrons. The minimum atomic E-state index is -3.55. The molecular formula is C26H29ClN2O4S. The molecule has 0 heterocycles. The van der Waals surface area contributed by atoms with Crippen molar-refractivity contribution in [2.45, 2.75) is 39.5 Å². The molecule has 0 fully saturated rings. The van der Waals surface area contributed by atoms with Gasteiger partial charge in [0, 0.05) is 11.3 Å². The Kier molecular flexibility index (Phi) is 7.89. The molecule has 0 bridgehead atoms. The zero-order chi connectivity index (χ0) is 25.0. The summed E-state index contributed by atoms with van der Waals surface area (Å²) < 4.78 is 32.8. The Morgan fingerprint density at radius 3 is 2.24 bits per heavy atom. The number of halogens is 1. The van der Waals surface area contributed by atoms with E-state index in [1.165, 1.54) is 11.4 Å². The summed E-state index contributed by atoms with van der Waals surface area (Å²) in [5.74, 6) is 0.184. The van der Waals surface area contributed by atoms with Gasteiger partial charge in [0.25, 0.3) is 5.91 Å². The van der Waals surface area contributed by atoms with Crippen molar-refractivity contribution in [2.24, 2.45) is 0 Å². The molecule has 6 nitrogen and oxygen atoms in total. The second kappa shape index (κ2) is 10.5. The summed E-state index contributed by atoms with van der Waals surface area (Å²) in [5, 5.41) is 2.61. The first kappa shape index (κ1) is 25.6. The molecule has 3 aromatic rings. The highest BCUT2D eigenvalue weighted by atomic mass is 35.5. The molecule has 0 saturated heterocycles. The molecule has 1 N–H and O–H groups in total. The number of nitrogens with zero attached hydrogens (tertiary/aromatic N) is 1. The molecule has 0 saturated carbocycles. The van der Waals surface area contributed by atoms with E-state index in [1.54, 1.807) is 56.3 Å². The Balaban J connectivity index is 1.81. The van der Waals surface area contributed by atoms with Gasteiger partial charge in [-0.15, -0.1) is 0 Å². The first-order valence-electron chi connectivity index (χ1n) is 10.9. The quantitative estimate of drug-likeness (QED) is 0.414. The van der Waals surface area contributed by atoms with Gasteiger partial charge >= 0.3 is 0 Å². The van der Waals surface area contributed by atoms with Crippen LogP contribution in [0.4, 0.5) is 11.4 Å². The number of aryl methyl sites for hydroxylation is 2. The van der Waals surface area contributed by atoms with Crippen molar-refractivity contribution in [2.75, 3.05) is 16.7 Å². The van der Waals surface area contributed by atoms with E-state index >= 15 is 0 Å². The van der Waals surface area contributed by atoms with E-state index in [1.807, 2.05) is 32.0 Å². The van der Waals surface area contributed by atoms with E-state index in [0.717, 1.165) is 16.7 Å². The molecule has 0 atom stereocenters. The van der Waals surface area contributed by atoms with Gasteiger partial charge in [0.15, 0.2) is 0 Å². The van der Waals surface area contributed by atoms with Crippen molar-refractivity contribution in [1.29, 1.82) is 0 Å².